The monoisotopic (exact) mass is 391 g/mol. The first-order valence-electron chi connectivity index (χ1n) is 8.87. The molecule has 0 aliphatic carbocycles. The number of rotatable bonds is 10. The summed E-state index contributed by atoms with van der Waals surface area (Å²) in [7, 11) is -3.74. The van der Waals surface area contributed by atoms with Crippen LogP contribution >= 0.6 is 0 Å². The average molecular weight is 391 g/mol. The third-order valence-corrected chi connectivity index (χ3v) is 5.33. The molecule has 8 heteroatoms. The minimum Gasteiger partial charge on any atom is -0.360 e. The van der Waals surface area contributed by atoms with Crippen molar-refractivity contribution in [2.75, 3.05) is 18.4 Å². The first kappa shape index (κ1) is 20.9. The number of aromatic nitrogens is 1. The van der Waals surface area contributed by atoms with E-state index in [0.29, 0.717) is 12.2 Å². The van der Waals surface area contributed by atoms with Crippen LogP contribution in [-0.4, -0.2) is 36.9 Å². The van der Waals surface area contributed by atoms with Gasteiger partial charge in [-0.1, -0.05) is 55.3 Å². The summed E-state index contributed by atoms with van der Waals surface area (Å²) >= 11 is 0. The molecule has 1 aromatic carbocycles. The van der Waals surface area contributed by atoms with E-state index in [1.54, 1.807) is 13.0 Å². The van der Waals surface area contributed by atoms with Crippen LogP contribution in [0.2, 0.25) is 0 Å². The molecular weight excluding hydrogens is 366 g/mol. The maximum atomic E-state index is 12.7. The van der Waals surface area contributed by atoms with E-state index < -0.39 is 15.9 Å². The Morgan fingerprint density at radius 2 is 2.00 bits per heavy atom. The van der Waals surface area contributed by atoms with Crippen LogP contribution in [0.4, 0.5) is 5.82 Å². The summed E-state index contributed by atoms with van der Waals surface area (Å²) in [6.45, 7) is 3.74. The number of amides is 1. The van der Waals surface area contributed by atoms with Gasteiger partial charge in [-0.3, -0.25) is 4.79 Å². The Labute approximate surface area is 160 Å². The Morgan fingerprint density at radius 3 is 2.63 bits per heavy atom. The lowest BCUT2D eigenvalue weighted by atomic mass is 10.2. The highest BCUT2D eigenvalue weighted by atomic mass is 32.2. The van der Waals surface area contributed by atoms with Gasteiger partial charge in [0.15, 0.2) is 5.82 Å². The molecule has 0 bridgehead atoms. The minimum atomic E-state index is -3.74. The van der Waals surface area contributed by atoms with Crippen LogP contribution in [0.15, 0.2) is 46.3 Å². The van der Waals surface area contributed by atoms with E-state index >= 15 is 0 Å². The van der Waals surface area contributed by atoms with E-state index in [2.05, 4.69) is 10.5 Å². The molecule has 0 spiro atoms. The summed E-state index contributed by atoms with van der Waals surface area (Å²) in [5.74, 6) is 0.364. The van der Waals surface area contributed by atoms with E-state index in [1.807, 2.05) is 37.3 Å². The van der Waals surface area contributed by atoms with Crippen molar-refractivity contribution in [2.24, 2.45) is 0 Å². The second kappa shape index (κ2) is 10.0. The normalized spacial score (nSPS) is 12.0. The van der Waals surface area contributed by atoms with Crippen molar-refractivity contribution >= 4 is 27.8 Å². The molecule has 0 saturated carbocycles. The van der Waals surface area contributed by atoms with Gasteiger partial charge in [0.2, 0.25) is 15.9 Å². The fourth-order valence-corrected chi connectivity index (χ4v) is 3.60. The third kappa shape index (κ3) is 6.99. The molecule has 1 heterocycles. The van der Waals surface area contributed by atoms with Gasteiger partial charge in [0.1, 0.15) is 5.76 Å². The van der Waals surface area contributed by atoms with Crippen molar-refractivity contribution in [3.05, 3.63) is 53.1 Å². The summed E-state index contributed by atoms with van der Waals surface area (Å²) in [6.07, 6.45) is 4.06. The fourth-order valence-electron chi connectivity index (χ4n) is 2.42. The number of sulfonamides is 1. The van der Waals surface area contributed by atoms with E-state index in [-0.39, 0.29) is 18.9 Å². The van der Waals surface area contributed by atoms with Gasteiger partial charge in [-0.15, -0.1) is 0 Å². The first-order valence-corrected chi connectivity index (χ1v) is 10.4. The molecule has 1 N–H and O–H groups in total. The molecule has 0 aliphatic heterocycles. The van der Waals surface area contributed by atoms with Gasteiger partial charge < -0.3 is 9.84 Å². The molecule has 0 saturated heterocycles. The maximum Gasteiger partial charge on any atom is 0.240 e. The van der Waals surface area contributed by atoms with E-state index in [1.165, 1.54) is 10.4 Å². The second-order valence-corrected chi connectivity index (χ2v) is 7.99. The van der Waals surface area contributed by atoms with Crippen molar-refractivity contribution in [2.45, 2.75) is 33.1 Å². The lowest BCUT2D eigenvalue weighted by Crippen LogP contribution is -2.37. The molecule has 2 rings (SSSR count). The molecule has 0 unspecified atom stereocenters. The zero-order valence-electron chi connectivity index (χ0n) is 15.6. The van der Waals surface area contributed by atoms with Gasteiger partial charge in [0.05, 0.1) is 6.54 Å². The lowest BCUT2D eigenvalue weighted by molar-refractivity contribution is -0.116. The largest absolute Gasteiger partial charge is 0.360 e. The van der Waals surface area contributed by atoms with Crippen molar-refractivity contribution in [3.8, 4) is 0 Å². The van der Waals surface area contributed by atoms with Gasteiger partial charge in [-0.2, -0.15) is 4.31 Å². The number of nitrogens with zero attached hydrogens (tertiary/aromatic N) is 2. The topological polar surface area (TPSA) is 92.5 Å². The third-order valence-electron chi connectivity index (χ3n) is 3.82. The highest BCUT2D eigenvalue weighted by molar-refractivity contribution is 7.92. The van der Waals surface area contributed by atoms with Gasteiger partial charge in [-0.05, 0) is 25.0 Å². The predicted octanol–water partition coefficient (Wildman–Crippen LogP) is 3.41. The van der Waals surface area contributed by atoms with E-state index in [9.17, 15) is 13.2 Å². The highest BCUT2D eigenvalue weighted by Crippen LogP contribution is 2.12. The van der Waals surface area contributed by atoms with Gasteiger partial charge >= 0.3 is 0 Å². The van der Waals surface area contributed by atoms with Crippen molar-refractivity contribution in [1.29, 1.82) is 0 Å². The number of aryl methyl sites for hydroxylation is 1. The lowest BCUT2D eigenvalue weighted by Gasteiger charge is -2.19. The number of carbonyl (C=O) groups is 1. The zero-order chi connectivity index (χ0) is 19.7. The number of benzene rings is 1. The fraction of sp³-hybridized carbons (Fsp3) is 0.368. The standard InChI is InChI=1S/C19H25N3O4S/c1-3-4-8-12-22(15-19(23)20-18-14-16(2)26-21-18)27(24,25)13-11-17-9-6-5-7-10-17/h5-7,9-11,13-14H,3-4,8,12,15H2,1-2H3,(H,20,21,23). The summed E-state index contributed by atoms with van der Waals surface area (Å²) < 4.78 is 31.5. The number of nitrogens with one attached hydrogen (secondary N) is 1. The molecule has 27 heavy (non-hydrogen) atoms. The average Bonchev–Trinajstić information content (AvgIpc) is 3.05. The van der Waals surface area contributed by atoms with Crippen LogP contribution in [0, 0.1) is 6.92 Å². The number of unbranched alkanes of at least 4 members (excludes halogenated alkanes) is 2. The molecule has 1 aromatic heterocycles. The predicted molar refractivity (Wildman–Crippen MR) is 105 cm³/mol. The Bertz CT molecular complexity index is 860. The highest BCUT2D eigenvalue weighted by Gasteiger charge is 2.22. The Balaban J connectivity index is 2.09. The SMILES string of the molecule is CCCCCN(CC(=O)Nc1cc(C)on1)S(=O)(=O)C=Cc1ccccc1. The molecule has 7 nitrogen and oxygen atoms in total. The van der Waals surface area contributed by atoms with Crippen molar-refractivity contribution in [3.63, 3.8) is 0 Å². The molecular formula is C19H25N3O4S. The number of hydrogen-bond donors (Lipinski definition) is 1. The van der Waals surface area contributed by atoms with E-state index in [0.717, 1.165) is 23.8 Å². The molecule has 0 aliphatic rings. The molecule has 0 fully saturated rings. The molecule has 146 valence electrons. The first-order chi connectivity index (χ1) is 12.9. The number of carbonyl (C=O) groups excluding carboxylic acids is 1. The van der Waals surface area contributed by atoms with Crippen LogP contribution in [0.3, 0.4) is 0 Å². The van der Waals surface area contributed by atoms with Crippen molar-refractivity contribution < 1.29 is 17.7 Å². The Hall–Kier alpha value is -2.45. The smallest absolute Gasteiger partial charge is 0.240 e. The van der Waals surface area contributed by atoms with Crippen LogP contribution < -0.4 is 5.32 Å². The van der Waals surface area contributed by atoms with Crippen LogP contribution in [0.25, 0.3) is 6.08 Å². The second-order valence-electron chi connectivity index (χ2n) is 6.17. The molecule has 2 aromatic rings. The molecule has 1 amide bonds. The number of hydrogen-bond acceptors (Lipinski definition) is 5. The molecule has 0 radical (unpaired) electrons. The number of anilines is 1. The van der Waals surface area contributed by atoms with Gasteiger partial charge in [0, 0.05) is 18.0 Å². The summed E-state index contributed by atoms with van der Waals surface area (Å²) in [5.41, 5.74) is 0.775. The van der Waals surface area contributed by atoms with Crippen molar-refractivity contribution in [1.82, 2.24) is 9.46 Å². The quantitative estimate of drug-likeness (QED) is 0.627. The Kier molecular flexibility index (Phi) is 7.75. The molecule has 0 atom stereocenters. The minimum absolute atomic E-state index is 0.267. The summed E-state index contributed by atoms with van der Waals surface area (Å²) in [4.78, 5) is 12.3. The maximum absolute atomic E-state index is 12.7. The summed E-state index contributed by atoms with van der Waals surface area (Å²) in [6, 6.07) is 10.7. The van der Waals surface area contributed by atoms with Crippen LogP contribution in [0.1, 0.15) is 37.5 Å². The van der Waals surface area contributed by atoms with Gasteiger partial charge in [0.25, 0.3) is 0 Å². The zero-order valence-corrected chi connectivity index (χ0v) is 16.4. The Morgan fingerprint density at radius 1 is 1.26 bits per heavy atom. The van der Waals surface area contributed by atoms with E-state index in [4.69, 9.17) is 4.52 Å². The van der Waals surface area contributed by atoms with Gasteiger partial charge in [-0.25, -0.2) is 8.42 Å². The van der Waals surface area contributed by atoms with Crippen LogP contribution in [0.5, 0.6) is 0 Å². The summed E-state index contributed by atoms with van der Waals surface area (Å²) in [5, 5.41) is 7.38. The van der Waals surface area contributed by atoms with Crippen LogP contribution in [-0.2, 0) is 14.8 Å².